The van der Waals surface area contributed by atoms with E-state index in [2.05, 4.69) is 16.1 Å². The van der Waals surface area contributed by atoms with Crippen molar-refractivity contribution in [3.63, 3.8) is 0 Å². The topological polar surface area (TPSA) is 88.7 Å². The first-order valence-electron chi connectivity index (χ1n) is 10.4. The van der Waals surface area contributed by atoms with Crippen molar-refractivity contribution < 1.29 is 23.6 Å². The van der Waals surface area contributed by atoms with Gasteiger partial charge in [0.05, 0.1) is 5.02 Å². The van der Waals surface area contributed by atoms with E-state index in [1.54, 1.807) is 0 Å². The van der Waals surface area contributed by atoms with Crippen LogP contribution in [-0.2, 0) is 14.4 Å². The van der Waals surface area contributed by atoms with Gasteiger partial charge in [-0.15, -0.1) is 0 Å². The number of hydrogen-bond acceptors (Lipinski definition) is 5. The summed E-state index contributed by atoms with van der Waals surface area (Å²) >= 11 is 5.63. The monoisotopic (exact) mass is 439 g/mol. The average molecular weight is 440 g/mol. The highest BCUT2D eigenvalue weighted by Crippen LogP contribution is 2.35. The van der Waals surface area contributed by atoms with Crippen LogP contribution < -0.4 is 20.9 Å². The van der Waals surface area contributed by atoms with Crippen LogP contribution >= 0.6 is 11.6 Å². The van der Waals surface area contributed by atoms with E-state index in [4.69, 9.17) is 21.2 Å². The van der Waals surface area contributed by atoms with E-state index in [1.807, 2.05) is 6.92 Å². The Hall–Kier alpha value is -1.90. The van der Waals surface area contributed by atoms with Crippen molar-refractivity contribution in [2.75, 3.05) is 6.61 Å². The quantitative estimate of drug-likeness (QED) is 0.633. The average Bonchev–Trinajstić information content (AvgIpc) is 3.12. The lowest BCUT2D eigenvalue weighted by atomic mass is 9.73. The number of rotatable bonds is 6. The molecule has 2 aliphatic carbocycles. The molecule has 1 aromatic carbocycles. The lowest BCUT2D eigenvalue weighted by Gasteiger charge is -2.46. The molecule has 0 radical (unpaired) electrons. The molecule has 4 rings (SSSR count). The van der Waals surface area contributed by atoms with Crippen LogP contribution in [0, 0.1) is 11.7 Å². The van der Waals surface area contributed by atoms with Crippen LogP contribution in [0.3, 0.4) is 0 Å². The number of fused-ring (bicyclic) bond motifs is 1. The first-order valence-corrected chi connectivity index (χ1v) is 10.8. The summed E-state index contributed by atoms with van der Waals surface area (Å²) in [4.78, 5) is 30.4. The number of nitrogens with one attached hydrogen (secondary N) is 3. The number of halogens is 2. The van der Waals surface area contributed by atoms with Crippen molar-refractivity contribution in [3.8, 4) is 5.75 Å². The number of hydroxylamine groups is 1. The second-order valence-electron chi connectivity index (χ2n) is 8.80. The molecule has 30 heavy (non-hydrogen) atoms. The summed E-state index contributed by atoms with van der Waals surface area (Å²) in [5, 5.41) is 5.98. The summed E-state index contributed by atoms with van der Waals surface area (Å²) in [7, 11) is 0. The van der Waals surface area contributed by atoms with Gasteiger partial charge in [0, 0.05) is 29.6 Å². The normalized spacial score (nSPS) is 32.6. The highest BCUT2D eigenvalue weighted by atomic mass is 35.5. The molecule has 0 aromatic heterocycles. The molecule has 2 amide bonds. The predicted molar refractivity (Wildman–Crippen MR) is 108 cm³/mol. The van der Waals surface area contributed by atoms with E-state index in [9.17, 15) is 14.0 Å². The molecule has 3 atom stereocenters. The number of carbonyl (C=O) groups is 2. The fourth-order valence-corrected chi connectivity index (χ4v) is 4.87. The van der Waals surface area contributed by atoms with Gasteiger partial charge in [0.1, 0.15) is 11.6 Å². The Bertz CT molecular complexity index is 817. The van der Waals surface area contributed by atoms with Gasteiger partial charge in [0.15, 0.2) is 12.7 Å². The second kappa shape index (κ2) is 8.69. The molecule has 9 heteroatoms. The van der Waals surface area contributed by atoms with Crippen molar-refractivity contribution in [2.45, 2.75) is 69.2 Å². The number of amides is 2. The Morgan fingerprint density at radius 3 is 2.87 bits per heavy atom. The third kappa shape index (κ3) is 4.71. The highest BCUT2D eigenvalue weighted by Gasteiger charge is 2.47. The summed E-state index contributed by atoms with van der Waals surface area (Å²) < 4.78 is 18.7. The van der Waals surface area contributed by atoms with Crippen LogP contribution in [0.25, 0.3) is 0 Å². The molecule has 3 aliphatic rings. The SMILES string of the molecule is CC1(NC(=O)C2ONC3CCCCC32)CC(NC(=O)COc2ccc(Cl)c(F)c2)C1. The first kappa shape index (κ1) is 21.3. The maximum absolute atomic E-state index is 13.4. The molecular formula is C21H27ClFN3O4. The van der Waals surface area contributed by atoms with Gasteiger partial charge in [-0.25, -0.2) is 4.39 Å². The largest absolute Gasteiger partial charge is 0.484 e. The minimum Gasteiger partial charge on any atom is -0.484 e. The molecule has 1 aromatic rings. The van der Waals surface area contributed by atoms with Crippen LogP contribution in [0.5, 0.6) is 5.75 Å². The maximum Gasteiger partial charge on any atom is 0.258 e. The van der Waals surface area contributed by atoms with Gasteiger partial charge in [-0.1, -0.05) is 24.4 Å². The number of benzene rings is 1. The van der Waals surface area contributed by atoms with Crippen molar-refractivity contribution in [1.29, 1.82) is 0 Å². The molecule has 1 saturated heterocycles. The minimum atomic E-state index is -0.596. The van der Waals surface area contributed by atoms with E-state index in [0.717, 1.165) is 25.3 Å². The third-order valence-corrected chi connectivity index (χ3v) is 6.56. The molecule has 7 nitrogen and oxygen atoms in total. The van der Waals surface area contributed by atoms with Crippen molar-refractivity contribution in [1.82, 2.24) is 16.1 Å². The maximum atomic E-state index is 13.4. The van der Waals surface area contributed by atoms with E-state index in [1.165, 1.54) is 18.6 Å². The first-order chi connectivity index (χ1) is 14.3. The Labute approximate surface area is 180 Å². The molecule has 0 spiro atoms. The molecule has 2 saturated carbocycles. The molecule has 3 unspecified atom stereocenters. The summed E-state index contributed by atoms with van der Waals surface area (Å²) in [6.07, 6.45) is 5.16. The lowest BCUT2D eigenvalue weighted by molar-refractivity contribution is -0.138. The van der Waals surface area contributed by atoms with Crippen molar-refractivity contribution in [2.24, 2.45) is 5.92 Å². The lowest BCUT2D eigenvalue weighted by Crippen LogP contribution is -2.63. The van der Waals surface area contributed by atoms with Crippen LogP contribution in [-0.4, -0.2) is 42.1 Å². The van der Waals surface area contributed by atoms with Crippen LogP contribution in [0.2, 0.25) is 5.02 Å². The number of carbonyl (C=O) groups excluding carboxylic acids is 2. The van der Waals surface area contributed by atoms with Crippen LogP contribution in [0.1, 0.15) is 45.4 Å². The van der Waals surface area contributed by atoms with Gasteiger partial charge in [0.2, 0.25) is 0 Å². The van der Waals surface area contributed by atoms with Crippen LogP contribution in [0.15, 0.2) is 18.2 Å². The Morgan fingerprint density at radius 1 is 1.33 bits per heavy atom. The fraction of sp³-hybridized carbons (Fsp3) is 0.619. The van der Waals surface area contributed by atoms with E-state index >= 15 is 0 Å². The highest BCUT2D eigenvalue weighted by molar-refractivity contribution is 6.30. The molecule has 1 heterocycles. The second-order valence-corrected chi connectivity index (χ2v) is 9.21. The molecule has 3 fully saturated rings. The van der Waals surface area contributed by atoms with Gasteiger partial charge >= 0.3 is 0 Å². The van der Waals surface area contributed by atoms with E-state index < -0.39 is 11.9 Å². The predicted octanol–water partition coefficient (Wildman–Crippen LogP) is 2.47. The van der Waals surface area contributed by atoms with E-state index in [-0.39, 0.29) is 52.7 Å². The Kier molecular flexibility index (Phi) is 6.18. The smallest absolute Gasteiger partial charge is 0.258 e. The summed E-state index contributed by atoms with van der Waals surface area (Å²) in [5.74, 6) is -0.507. The summed E-state index contributed by atoms with van der Waals surface area (Å²) in [6.45, 7) is 1.76. The minimum absolute atomic E-state index is 0.000366. The zero-order chi connectivity index (χ0) is 21.3. The van der Waals surface area contributed by atoms with Gasteiger partial charge in [0.25, 0.3) is 11.8 Å². The van der Waals surface area contributed by atoms with Gasteiger partial charge in [-0.3, -0.25) is 14.4 Å². The third-order valence-electron chi connectivity index (χ3n) is 6.26. The van der Waals surface area contributed by atoms with E-state index in [0.29, 0.717) is 12.8 Å². The zero-order valence-corrected chi connectivity index (χ0v) is 17.6. The number of hydrogen-bond donors (Lipinski definition) is 3. The molecule has 164 valence electrons. The Morgan fingerprint density at radius 2 is 2.10 bits per heavy atom. The standard InChI is InChI=1S/C21H27ClFN3O4/c1-21(25-20(28)19-14-4-2-3-5-17(14)26-30-19)9-12(10-21)24-18(27)11-29-13-6-7-15(22)16(23)8-13/h6-8,12,14,17,19,26H,2-5,9-11H2,1H3,(H,24,27)(H,25,28). The Balaban J connectivity index is 1.19. The van der Waals surface area contributed by atoms with Crippen LogP contribution in [0.4, 0.5) is 4.39 Å². The zero-order valence-electron chi connectivity index (χ0n) is 16.9. The van der Waals surface area contributed by atoms with Gasteiger partial charge in [-0.2, -0.15) is 5.48 Å². The molecule has 1 aliphatic heterocycles. The van der Waals surface area contributed by atoms with Gasteiger partial charge < -0.3 is 15.4 Å². The summed E-state index contributed by atoms with van der Waals surface area (Å²) in [5.41, 5.74) is 2.65. The molecular weight excluding hydrogens is 413 g/mol. The number of ether oxygens (including phenoxy) is 1. The van der Waals surface area contributed by atoms with Crippen molar-refractivity contribution >= 4 is 23.4 Å². The van der Waals surface area contributed by atoms with Gasteiger partial charge in [-0.05, 0) is 44.7 Å². The van der Waals surface area contributed by atoms with Crippen molar-refractivity contribution in [3.05, 3.63) is 29.0 Å². The fourth-order valence-electron chi connectivity index (χ4n) is 4.75. The molecule has 3 N–H and O–H groups in total. The summed E-state index contributed by atoms with van der Waals surface area (Å²) in [6, 6.07) is 4.25. The molecule has 0 bridgehead atoms.